The number of nitrogens with one attached hydrogen (secondary N) is 2. The van der Waals surface area contributed by atoms with Crippen LogP contribution < -0.4 is 10.6 Å². The second-order valence-electron chi connectivity index (χ2n) is 4.13. The average molecular weight is 186 g/mol. The van der Waals surface area contributed by atoms with Gasteiger partial charge in [0.15, 0.2) is 0 Å². The maximum Gasteiger partial charge on any atom is 0.314 e. The van der Waals surface area contributed by atoms with E-state index in [4.69, 9.17) is 0 Å². The summed E-state index contributed by atoms with van der Waals surface area (Å²) in [5.74, 6) is 0. The van der Waals surface area contributed by atoms with Crippen molar-refractivity contribution in [1.82, 2.24) is 10.6 Å². The maximum absolute atomic E-state index is 11.1. The fraction of sp³-hybridized carbons (Fsp3) is 0.900. The Morgan fingerprint density at radius 3 is 2.31 bits per heavy atom. The molecule has 0 rings (SSSR count). The largest absolute Gasteiger partial charge is 0.338 e. The van der Waals surface area contributed by atoms with E-state index in [0.29, 0.717) is 0 Å². The van der Waals surface area contributed by atoms with Crippen LogP contribution in [0.4, 0.5) is 4.79 Å². The zero-order valence-electron chi connectivity index (χ0n) is 9.24. The second kappa shape index (κ2) is 5.84. The molecule has 0 atom stereocenters. The van der Waals surface area contributed by atoms with E-state index in [1.807, 2.05) is 6.92 Å². The molecule has 0 aromatic heterocycles. The number of urea groups is 1. The van der Waals surface area contributed by atoms with E-state index in [0.717, 1.165) is 25.9 Å². The molecular weight excluding hydrogens is 164 g/mol. The Morgan fingerprint density at radius 1 is 1.23 bits per heavy atom. The van der Waals surface area contributed by atoms with E-state index in [9.17, 15) is 4.79 Å². The van der Waals surface area contributed by atoms with E-state index < -0.39 is 0 Å². The van der Waals surface area contributed by atoms with Crippen molar-refractivity contribution >= 4 is 6.03 Å². The number of rotatable bonds is 5. The maximum atomic E-state index is 11.1. The van der Waals surface area contributed by atoms with Gasteiger partial charge in [0, 0.05) is 13.1 Å². The highest BCUT2D eigenvalue weighted by molar-refractivity contribution is 5.73. The molecule has 0 aromatic carbocycles. The molecule has 0 saturated carbocycles. The van der Waals surface area contributed by atoms with Gasteiger partial charge >= 0.3 is 6.03 Å². The quantitative estimate of drug-likeness (QED) is 0.678. The van der Waals surface area contributed by atoms with Crippen LogP contribution in [0, 0.1) is 5.41 Å². The summed E-state index contributed by atoms with van der Waals surface area (Å²) in [6, 6.07) is -0.0524. The molecule has 0 spiro atoms. The number of amides is 2. The standard InChI is InChI=1S/C10H22N2O/c1-5-7-11-9(13)12-8-10(3,4)6-2/h5-8H2,1-4H3,(H2,11,12,13). The van der Waals surface area contributed by atoms with Crippen LogP contribution in [0.15, 0.2) is 0 Å². The van der Waals surface area contributed by atoms with Crippen molar-refractivity contribution in [3.8, 4) is 0 Å². The summed E-state index contributed by atoms with van der Waals surface area (Å²) in [7, 11) is 0. The minimum Gasteiger partial charge on any atom is -0.338 e. The molecule has 0 saturated heterocycles. The second-order valence-corrected chi connectivity index (χ2v) is 4.13. The number of hydrogen-bond donors (Lipinski definition) is 2. The third kappa shape index (κ3) is 6.43. The summed E-state index contributed by atoms with van der Waals surface area (Å²) in [4.78, 5) is 11.1. The van der Waals surface area contributed by atoms with Gasteiger partial charge in [0.2, 0.25) is 0 Å². The van der Waals surface area contributed by atoms with E-state index >= 15 is 0 Å². The predicted molar refractivity (Wildman–Crippen MR) is 55.8 cm³/mol. The summed E-state index contributed by atoms with van der Waals surface area (Å²) in [5.41, 5.74) is 0.198. The van der Waals surface area contributed by atoms with Crippen molar-refractivity contribution < 1.29 is 4.79 Å². The van der Waals surface area contributed by atoms with Crippen LogP contribution in [-0.2, 0) is 0 Å². The first kappa shape index (κ1) is 12.3. The molecule has 0 radical (unpaired) electrons. The summed E-state index contributed by atoms with van der Waals surface area (Å²) >= 11 is 0. The zero-order valence-corrected chi connectivity index (χ0v) is 9.24. The smallest absolute Gasteiger partial charge is 0.314 e. The topological polar surface area (TPSA) is 41.1 Å². The molecule has 0 aromatic rings. The van der Waals surface area contributed by atoms with Crippen molar-refractivity contribution in [2.75, 3.05) is 13.1 Å². The molecule has 0 bridgehead atoms. The molecule has 2 N–H and O–H groups in total. The highest BCUT2D eigenvalue weighted by Gasteiger charge is 2.15. The Labute approximate surface area is 81.3 Å². The molecule has 3 nitrogen and oxygen atoms in total. The van der Waals surface area contributed by atoms with Crippen LogP contribution in [0.3, 0.4) is 0 Å². The number of carbonyl (C=O) groups is 1. The predicted octanol–water partition coefficient (Wildman–Crippen LogP) is 2.13. The molecular formula is C10H22N2O. The Balaban J connectivity index is 3.57. The molecule has 2 amide bonds. The first-order chi connectivity index (χ1) is 6.02. The van der Waals surface area contributed by atoms with Gasteiger partial charge in [-0.3, -0.25) is 0 Å². The third-order valence-corrected chi connectivity index (χ3v) is 2.22. The van der Waals surface area contributed by atoms with Crippen molar-refractivity contribution in [1.29, 1.82) is 0 Å². The van der Waals surface area contributed by atoms with Crippen molar-refractivity contribution in [2.24, 2.45) is 5.41 Å². The highest BCUT2D eigenvalue weighted by Crippen LogP contribution is 2.17. The molecule has 0 heterocycles. The molecule has 0 aliphatic rings. The monoisotopic (exact) mass is 186 g/mol. The molecule has 0 unspecified atom stereocenters. The van der Waals surface area contributed by atoms with Gasteiger partial charge in [-0.05, 0) is 18.3 Å². The zero-order chi connectivity index (χ0) is 10.3. The van der Waals surface area contributed by atoms with Gasteiger partial charge < -0.3 is 10.6 Å². The van der Waals surface area contributed by atoms with E-state index in [-0.39, 0.29) is 11.4 Å². The number of hydrogen-bond acceptors (Lipinski definition) is 1. The van der Waals surface area contributed by atoms with Gasteiger partial charge in [0.25, 0.3) is 0 Å². The van der Waals surface area contributed by atoms with Crippen molar-refractivity contribution in [3.63, 3.8) is 0 Å². The van der Waals surface area contributed by atoms with Gasteiger partial charge in [0.05, 0.1) is 0 Å². The lowest BCUT2D eigenvalue weighted by molar-refractivity contribution is 0.233. The SMILES string of the molecule is CCCNC(=O)NCC(C)(C)CC. The molecule has 13 heavy (non-hydrogen) atoms. The van der Waals surface area contributed by atoms with Crippen LogP contribution in [-0.4, -0.2) is 19.1 Å². The molecule has 0 fully saturated rings. The van der Waals surface area contributed by atoms with Crippen LogP contribution in [0.1, 0.15) is 40.5 Å². The van der Waals surface area contributed by atoms with Crippen LogP contribution >= 0.6 is 0 Å². The minimum absolute atomic E-state index is 0.0524. The first-order valence-electron chi connectivity index (χ1n) is 5.03. The Hall–Kier alpha value is -0.730. The van der Waals surface area contributed by atoms with Crippen LogP contribution in [0.25, 0.3) is 0 Å². The molecule has 0 aliphatic carbocycles. The summed E-state index contributed by atoms with van der Waals surface area (Å²) < 4.78 is 0. The van der Waals surface area contributed by atoms with Crippen LogP contribution in [0.5, 0.6) is 0 Å². The van der Waals surface area contributed by atoms with Crippen molar-refractivity contribution in [3.05, 3.63) is 0 Å². The fourth-order valence-electron chi connectivity index (χ4n) is 0.746. The minimum atomic E-state index is -0.0524. The first-order valence-corrected chi connectivity index (χ1v) is 5.03. The average Bonchev–Trinajstić information content (AvgIpc) is 2.11. The lowest BCUT2D eigenvalue weighted by Gasteiger charge is -2.22. The van der Waals surface area contributed by atoms with E-state index in [1.54, 1.807) is 0 Å². The normalized spacial score (nSPS) is 11.1. The van der Waals surface area contributed by atoms with E-state index in [2.05, 4.69) is 31.4 Å². The highest BCUT2D eigenvalue weighted by atomic mass is 16.2. The Bertz CT molecular complexity index is 155. The molecule has 78 valence electrons. The summed E-state index contributed by atoms with van der Waals surface area (Å²) in [5, 5.41) is 5.64. The number of carbonyl (C=O) groups excluding carboxylic acids is 1. The van der Waals surface area contributed by atoms with Crippen molar-refractivity contribution in [2.45, 2.75) is 40.5 Å². The summed E-state index contributed by atoms with van der Waals surface area (Å²) in [6.07, 6.45) is 2.05. The lowest BCUT2D eigenvalue weighted by atomic mass is 9.90. The van der Waals surface area contributed by atoms with Gasteiger partial charge in [-0.1, -0.05) is 27.7 Å². The van der Waals surface area contributed by atoms with Gasteiger partial charge in [-0.15, -0.1) is 0 Å². The van der Waals surface area contributed by atoms with Gasteiger partial charge in [-0.2, -0.15) is 0 Å². The molecule has 0 aliphatic heterocycles. The fourth-order valence-corrected chi connectivity index (χ4v) is 0.746. The third-order valence-electron chi connectivity index (χ3n) is 2.22. The lowest BCUT2D eigenvalue weighted by Crippen LogP contribution is -2.40. The van der Waals surface area contributed by atoms with E-state index in [1.165, 1.54) is 0 Å². The van der Waals surface area contributed by atoms with Crippen LogP contribution in [0.2, 0.25) is 0 Å². The van der Waals surface area contributed by atoms with Gasteiger partial charge in [-0.25, -0.2) is 4.79 Å². The Morgan fingerprint density at radius 2 is 1.85 bits per heavy atom. The summed E-state index contributed by atoms with van der Waals surface area (Å²) in [6.45, 7) is 9.94. The Kier molecular flexibility index (Phi) is 5.51. The van der Waals surface area contributed by atoms with Gasteiger partial charge in [0.1, 0.15) is 0 Å². The molecule has 3 heteroatoms.